The highest BCUT2D eigenvalue weighted by molar-refractivity contribution is 5.90. The third-order valence-electron chi connectivity index (χ3n) is 5.49. The molecule has 24 heavy (non-hydrogen) atoms. The van der Waals surface area contributed by atoms with E-state index >= 15 is 0 Å². The molecule has 0 unspecified atom stereocenters. The molecule has 1 aromatic carbocycles. The van der Waals surface area contributed by atoms with Crippen LogP contribution in [0.4, 0.5) is 10.5 Å². The van der Waals surface area contributed by atoms with E-state index in [-0.39, 0.29) is 6.03 Å². The van der Waals surface area contributed by atoms with E-state index in [9.17, 15) is 4.79 Å². The van der Waals surface area contributed by atoms with Gasteiger partial charge in [0.05, 0.1) is 0 Å². The molecular weight excluding hydrogens is 298 g/mol. The SMILES string of the molecule is Cc1ccc(NC(=O)N2CCC(CN3CCCCC3)CC2)c(C)c1. The molecule has 3 rings (SSSR count). The minimum Gasteiger partial charge on any atom is -0.325 e. The minimum absolute atomic E-state index is 0.0541. The molecule has 2 saturated heterocycles. The van der Waals surface area contributed by atoms with Crippen LogP contribution in [0.3, 0.4) is 0 Å². The summed E-state index contributed by atoms with van der Waals surface area (Å²) >= 11 is 0. The van der Waals surface area contributed by atoms with Crippen molar-refractivity contribution >= 4 is 11.7 Å². The third-order valence-corrected chi connectivity index (χ3v) is 5.49. The summed E-state index contributed by atoms with van der Waals surface area (Å²) in [5, 5.41) is 3.08. The molecule has 1 aromatic rings. The Kier molecular flexibility index (Phi) is 5.77. The van der Waals surface area contributed by atoms with Crippen molar-refractivity contribution in [3.8, 4) is 0 Å². The standard InChI is InChI=1S/C20H31N3O/c1-16-6-7-19(17(2)14-16)21-20(24)23-12-8-18(9-13-23)15-22-10-4-3-5-11-22/h6-7,14,18H,3-5,8-13,15H2,1-2H3,(H,21,24). The van der Waals surface area contributed by atoms with Gasteiger partial charge in [-0.25, -0.2) is 4.79 Å². The van der Waals surface area contributed by atoms with Gasteiger partial charge in [0, 0.05) is 25.3 Å². The van der Waals surface area contributed by atoms with Crippen molar-refractivity contribution in [2.45, 2.75) is 46.0 Å². The maximum atomic E-state index is 12.5. The highest BCUT2D eigenvalue weighted by atomic mass is 16.2. The Labute approximate surface area is 146 Å². The predicted octanol–water partition coefficient (Wildman–Crippen LogP) is 4.03. The summed E-state index contributed by atoms with van der Waals surface area (Å²) in [4.78, 5) is 17.1. The first-order valence-electron chi connectivity index (χ1n) is 9.47. The lowest BCUT2D eigenvalue weighted by molar-refractivity contribution is 0.142. The minimum atomic E-state index is 0.0541. The van der Waals surface area contributed by atoms with Crippen LogP contribution in [-0.2, 0) is 0 Å². The molecule has 1 N–H and O–H groups in total. The molecule has 2 amide bonds. The zero-order chi connectivity index (χ0) is 16.9. The Bertz CT molecular complexity index is 558. The lowest BCUT2D eigenvalue weighted by atomic mass is 9.95. The first-order valence-corrected chi connectivity index (χ1v) is 9.47. The lowest BCUT2D eigenvalue weighted by Gasteiger charge is -2.36. The summed E-state index contributed by atoms with van der Waals surface area (Å²) in [5.41, 5.74) is 3.29. The molecule has 2 heterocycles. The van der Waals surface area contributed by atoms with Gasteiger partial charge in [-0.15, -0.1) is 0 Å². The Balaban J connectivity index is 1.46. The van der Waals surface area contributed by atoms with Gasteiger partial charge >= 0.3 is 6.03 Å². The number of carbonyl (C=O) groups excluding carboxylic acids is 1. The van der Waals surface area contributed by atoms with Crippen LogP contribution in [0, 0.1) is 19.8 Å². The van der Waals surface area contributed by atoms with Crippen LogP contribution in [-0.4, -0.2) is 48.6 Å². The van der Waals surface area contributed by atoms with E-state index in [0.717, 1.165) is 43.1 Å². The fraction of sp³-hybridized carbons (Fsp3) is 0.650. The van der Waals surface area contributed by atoms with E-state index in [0.29, 0.717) is 0 Å². The van der Waals surface area contributed by atoms with Crippen molar-refractivity contribution in [3.05, 3.63) is 29.3 Å². The first kappa shape index (κ1) is 17.3. The molecule has 4 nitrogen and oxygen atoms in total. The van der Waals surface area contributed by atoms with Gasteiger partial charge in [-0.3, -0.25) is 0 Å². The number of carbonyl (C=O) groups is 1. The number of likely N-dealkylation sites (tertiary alicyclic amines) is 2. The van der Waals surface area contributed by atoms with Gasteiger partial charge in [-0.2, -0.15) is 0 Å². The van der Waals surface area contributed by atoms with E-state index < -0.39 is 0 Å². The van der Waals surface area contributed by atoms with Crippen molar-refractivity contribution in [2.24, 2.45) is 5.92 Å². The Morgan fingerprint density at radius 1 is 1.08 bits per heavy atom. The summed E-state index contributed by atoms with van der Waals surface area (Å²) in [5.74, 6) is 0.758. The Morgan fingerprint density at radius 2 is 1.79 bits per heavy atom. The van der Waals surface area contributed by atoms with Gasteiger partial charge < -0.3 is 15.1 Å². The van der Waals surface area contributed by atoms with Crippen LogP contribution in [0.1, 0.15) is 43.2 Å². The molecule has 2 fully saturated rings. The van der Waals surface area contributed by atoms with Crippen molar-refractivity contribution < 1.29 is 4.79 Å². The molecule has 0 atom stereocenters. The van der Waals surface area contributed by atoms with Crippen LogP contribution in [0.2, 0.25) is 0 Å². The fourth-order valence-corrected chi connectivity index (χ4v) is 3.97. The number of urea groups is 1. The van der Waals surface area contributed by atoms with Crippen molar-refractivity contribution in [3.63, 3.8) is 0 Å². The predicted molar refractivity (Wildman–Crippen MR) is 99.5 cm³/mol. The van der Waals surface area contributed by atoms with E-state index in [1.807, 2.05) is 24.0 Å². The summed E-state index contributed by atoms with van der Waals surface area (Å²) in [6.07, 6.45) is 6.38. The maximum absolute atomic E-state index is 12.5. The van der Waals surface area contributed by atoms with Gasteiger partial charge in [0.25, 0.3) is 0 Å². The van der Waals surface area contributed by atoms with Crippen LogP contribution < -0.4 is 5.32 Å². The molecule has 0 aliphatic carbocycles. The van der Waals surface area contributed by atoms with Crippen molar-refractivity contribution in [1.29, 1.82) is 0 Å². The number of rotatable bonds is 3. The number of nitrogens with zero attached hydrogens (tertiary/aromatic N) is 2. The Morgan fingerprint density at radius 3 is 2.46 bits per heavy atom. The van der Waals surface area contributed by atoms with Crippen molar-refractivity contribution in [2.75, 3.05) is 38.0 Å². The number of piperidine rings is 2. The van der Waals surface area contributed by atoms with Crippen LogP contribution in [0.5, 0.6) is 0 Å². The number of benzene rings is 1. The molecule has 0 spiro atoms. The number of nitrogens with one attached hydrogen (secondary N) is 1. The normalized spacial score (nSPS) is 20.2. The molecule has 2 aliphatic rings. The molecule has 0 saturated carbocycles. The summed E-state index contributed by atoms with van der Waals surface area (Å²) < 4.78 is 0. The number of anilines is 1. The monoisotopic (exact) mass is 329 g/mol. The van der Waals surface area contributed by atoms with E-state index in [4.69, 9.17) is 0 Å². The second-order valence-electron chi connectivity index (χ2n) is 7.54. The summed E-state index contributed by atoms with van der Waals surface area (Å²) in [7, 11) is 0. The third kappa shape index (κ3) is 4.50. The Hall–Kier alpha value is -1.55. The van der Waals surface area contributed by atoms with Gasteiger partial charge in [0.1, 0.15) is 0 Å². The van der Waals surface area contributed by atoms with Gasteiger partial charge in [-0.05, 0) is 70.2 Å². The summed E-state index contributed by atoms with van der Waals surface area (Å²) in [6, 6.07) is 6.22. The van der Waals surface area contributed by atoms with Crippen molar-refractivity contribution in [1.82, 2.24) is 9.80 Å². The van der Waals surface area contributed by atoms with Crippen LogP contribution in [0.15, 0.2) is 18.2 Å². The molecule has 0 bridgehead atoms. The highest BCUT2D eigenvalue weighted by Crippen LogP contribution is 2.22. The van der Waals surface area contributed by atoms with Gasteiger partial charge in [0.2, 0.25) is 0 Å². The average Bonchev–Trinajstić information content (AvgIpc) is 2.59. The highest BCUT2D eigenvalue weighted by Gasteiger charge is 2.25. The second kappa shape index (κ2) is 8.02. The number of aryl methyl sites for hydroxylation is 2. The fourth-order valence-electron chi connectivity index (χ4n) is 3.97. The average molecular weight is 329 g/mol. The summed E-state index contributed by atoms with van der Waals surface area (Å²) in [6.45, 7) is 9.66. The molecule has 2 aliphatic heterocycles. The number of hydrogen-bond donors (Lipinski definition) is 1. The maximum Gasteiger partial charge on any atom is 0.321 e. The topological polar surface area (TPSA) is 35.6 Å². The number of amides is 2. The lowest BCUT2D eigenvalue weighted by Crippen LogP contribution is -2.44. The first-order chi connectivity index (χ1) is 11.6. The zero-order valence-corrected chi connectivity index (χ0v) is 15.2. The number of hydrogen-bond acceptors (Lipinski definition) is 2. The molecule has 132 valence electrons. The largest absolute Gasteiger partial charge is 0.325 e. The van der Waals surface area contributed by atoms with Gasteiger partial charge in [0.15, 0.2) is 0 Å². The van der Waals surface area contributed by atoms with Crippen LogP contribution >= 0.6 is 0 Å². The zero-order valence-electron chi connectivity index (χ0n) is 15.2. The second-order valence-corrected chi connectivity index (χ2v) is 7.54. The van der Waals surface area contributed by atoms with Gasteiger partial charge in [-0.1, -0.05) is 24.1 Å². The van der Waals surface area contributed by atoms with E-state index in [2.05, 4.69) is 23.2 Å². The molecular formula is C20H31N3O. The smallest absolute Gasteiger partial charge is 0.321 e. The molecule has 4 heteroatoms. The van der Waals surface area contributed by atoms with Crippen LogP contribution in [0.25, 0.3) is 0 Å². The molecule has 0 aromatic heterocycles. The van der Waals surface area contributed by atoms with E-state index in [1.54, 1.807) is 0 Å². The van der Waals surface area contributed by atoms with E-state index in [1.165, 1.54) is 44.5 Å². The molecule has 0 radical (unpaired) electrons. The quantitative estimate of drug-likeness (QED) is 0.908.